The highest BCUT2D eigenvalue weighted by Crippen LogP contribution is 2.12. The fourth-order valence-electron chi connectivity index (χ4n) is 2.77. The van der Waals surface area contributed by atoms with Crippen molar-refractivity contribution in [1.82, 2.24) is 10.2 Å². The molecule has 16 heavy (non-hydrogen) atoms. The minimum atomic E-state index is 0.412. The van der Waals surface area contributed by atoms with Crippen LogP contribution < -0.4 is 5.32 Å². The molecule has 2 rings (SSSR count). The highest BCUT2D eigenvalue weighted by molar-refractivity contribution is 4.79. The number of nitrogens with one attached hydrogen (secondary N) is 1. The number of hydrogen-bond acceptors (Lipinski definition) is 3. The van der Waals surface area contributed by atoms with Crippen LogP contribution in [0.25, 0.3) is 0 Å². The molecule has 2 unspecified atom stereocenters. The fraction of sp³-hybridized carbons (Fsp3) is 1.00. The molecule has 0 spiro atoms. The molecule has 2 heterocycles. The second kappa shape index (κ2) is 6.58. The van der Waals surface area contributed by atoms with Crippen molar-refractivity contribution in [3.63, 3.8) is 0 Å². The van der Waals surface area contributed by atoms with Crippen LogP contribution >= 0.6 is 0 Å². The molecule has 0 aromatic carbocycles. The second-order valence-electron chi connectivity index (χ2n) is 5.18. The van der Waals surface area contributed by atoms with E-state index in [4.69, 9.17) is 4.74 Å². The molecule has 0 aromatic rings. The van der Waals surface area contributed by atoms with E-state index in [0.717, 1.165) is 13.2 Å². The van der Waals surface area contributed by atoms with Crippen molar-refractivity contribution in [2.45, 2.75) is 51.2 Å². The van der Waals surface area contributed by atoms with E-state index in [9.17, 15) is 0 Å². The molecular formula is C13H26N2O. The maximum atomic E-state index is 5.54. The van der Waals surface area contributed by atoms with Gasteiger partial charge in [-0.05, 0) is 58.8 Å². The largest absolute Gasteiger partial charge is 0.377 e. The van der Waals surface area contributed by atoms with Crippen LogP contribution in [0.2, 0.25) is 0 Å². The lowest BCUT2D eigenvalue weighted by Crippen LogP contribution is -2.37. The molecule has 0 amide bonds. The monoisotopic (exact) mass is 226 g/mol. The molecule has 0 aliphatic carbocycles. The minimum Gasteiger partial charge on any atom is -0.377 e. The Kier molecular flexibility index (Phi) is 5.07. The Morgan fingerprint density at radius 2 is 2.06 bits per heavy atom. The normalized spacial score (nSPS) is 32.1. The molecule has 0 aromatic heterocycles. The summed E-state index contributed by atoms with van der Waals surface area (Å²) < 4.78 is 5.54. The Bertz CT molecular complexity index is 192. The summed E-state index contributed by atoms with van der Waals surface area (Å²) in [6.07, 6.45) is 7.12. The van der Waals surface area contributed by atoms with E-state index in [-0.39, 0.29) is 0 Å². The van der Waals surface area contributed by atoms with Crippen molar-refractivity contribution in [2.75, 3.05) is 32.8 Å². The van der Waals surface area contributed by atoms with Crippen LogP contribution in [0.3, 0.4) is 0 Å². The summed E-state index contributed by atoms with van der Waals surface area (Å²) in [5.74, 6) is 0. The van der Waals surface area contributed by atoms with Gasteiger partial charge < -0.3 is 15.0 Å². The quantitative estimate of drug-likeness (QED) is 0.721. The van der Waals surface area contributed by atoms with Gasteiger partial charge in [0.2, 0.25) is 0 Å². The van der Waals surface area contributed by atoms with Gasteiger partial charge in [-0.15, -0.1) is 0 Å². The number of rotatable bonds is 5. The molecule has 94 valence electrons. The number of nitrogens with zero attached hydrogens (tertiary/aromatic N) is 1. The van der Waals surface area contributed by atoms with Crippen LogP contribution in [0, 0.1) is 0 Å². The summed E-state index contributed by atoms with van der Waals surface area (Å²) in [4.78, 5) is 2.61. The SMILES string of the molecule is CC1OCCC1NCCCN1CCCCC1. The van der Waals surface area contributed by atoms with E-state index < -0.39 is 0 Å². The van der Waals surface area contributed by atoms with Crippen LogP contribution in [0.1, 0.15) is 39.0 Å². The van der Waals surface area contributed by atoms with Crippen molar-refractivity contribution in [3.8, 4) is 0 Å². The summed E-state index contributed by atoms with van der Waals surface area (Å²) in [6.45, 7) is 8.18. The highest BCUT2D eigenvalue weighted by atomic mass is 16.5. The van der Waals surface area contributed by atoms with Gasteiger partial charge in [0.05, 0.1) is 6.10 Å². The first-order valence-corrected chi connectivity index (χ1v) is 6.93. The molecule has 2 fully saturated rings. The van der Waals surface area contributed by atoms with Crippen LogP contribution in [0.15, 0.2) is 0 Å². The van der Waals surface area contributed by atoms with Crippen LogP contribution in [-0.4, -0.2) is 49.8 Å². The van der Waals surface area contributed by atoms with Gasteiger partial charge in [-0.2, -0.15) is 0 Å². The molecule has 2 saturated heterocycles. The number of hydrogen-bond donors (Lipinski definition) is 1. The van der Waals surface area contributed by atoms with Crippen molar-refractivity contribution < 1.29 is 4.74 Å². The van der Waals surface area contributed by atoms with Crippen molar-refractivity contribution in [3.05, 3.63) is 0 Å². The Morgan fingerprint density at radius 1 is 1.25 bits per heavy atom. The fourth-order valence-corrected chi connectivity index (χ4v) is 2.77. The predicted molar refractivity (Wildman–Crippen MR) is 66.7 cm³/mol. The molecule has 2 atom stereocenters. The Morgan fingerprint density at radius 3 is 2.75 bits per heavy atom. The van der Waals surface area contributed by atoms with Crippen LogP contribution in [0.4, 0.5) is 0 Å². The van der Waals surface area contributed by atoms with Gasteiger partial charge in [0.1, 0.15) is 0 Å². The Hall–Kier alpha value is -0.120. The molecule has 2 aliphatic rings. The second-order valence-corrected chi connectivity index (χ2v) is 5.18. The maximum Gasteiger partial charge on any atom is 0.0700 e. The molecule has 3 heteroatoms. The molecule has 1 N–H and O–H groups in total. The Labute approximate surface area is 99.5 Å². The standard InChI is InChI=1S/C13H26N2O/c1-12-13(6-11-16-12)14-7-5-10-15-8-3-2-4-9-15/h12-14H,2-11H2,1H3. The lowest BCUT2D eigenvalue weighted by molar-refractivity contribution is 0.113. The zero-order valence-corrected chi connectivity index (χ0v) is 10.6. The lowest BCUT2D eigenvalue weighted by atomic mass is 10.1. The van der Waals surface area contributed by atoms with E-state index in [1.807, 2.05) is 0 Å². The molecule has 2 aliphatic heterocycles. The van der Waals surface area contributed by atoms with Gasteiger partial charge in [0, 0.05) is 12.6 Å². The average molecular weight is 226 g/mol. The zero-order chi connectivity index (χ0) is 11.2. The van der Waals surface area contributed by atoms with Crippen LogP contribution in [-0.2, 0) is 4.74 Å². The van der Waals surface area contributed by atoms with E-state index >= 15 is 0 Å². The summed E-state index contributed by atoms with van der Waals surface area (Å²) >= 11 is 0. The summed E-state index contributed by atoms with van der Waals surface area (Å²) in [6, 6.07) is 0.598. The molecule has 0 bridgehead atoms. The maximum absolute atomic E-state index is 5.54. The van der Waals surface area contributed by atoms with Crippen LogP contribution in [0.5, 0.6) is 0 Å². The molecular weight excluding hydrogens is 200 g/mol. The number of piperidine rings is 1. The molecule has 0 saturated carbocycles. The van der Waals surface area contributed by atoms with Gasteiger partial charge in [-0.3, -0.25) is 0 Å². The third-order valence-corrected chi connectivity index (χ3v) is 3.88. The van der Waals surface area contributed by atoms with Crippen molar-refractivity contribution >= 4 is 0 Å². The number of ether oxygens (including phenoxy) is 1. The molecule has 3 nitrogen and oxygen atoms in total. The van der Waals surface area contributed by atoms with Gasteiger partial charge in [-0.1, -0.05) is 6.42 Å². The van der Waals surface area contributed by atoms with Gasteiger partial charge in [0.15, 0.2) is 0 Å². The van der Waals surface area contributed by atoms with E-state index in [0.29, 0.717) is 12.1 Å². The van der Waals surface area contributed by atoms with Gasteiger partial charge >= 0.3 is 0 Å². The summed E-state index contributed by atoms with van der Waals surface area (Å²) in [5, 5.41) is 3.62. The van der Waals surface area contributed by atoms with Crippen molar-refractivity contribution in [1.29, 1.82) is 0 Å². The highest BCUT2D eigenvalue weighted by Gasteiger charge is 2.23. The first kappa shape index (κ1) is 12.3. The number of likely N-dealkylation sites (tertiary alicyclic amines) is 1. The minimum absolute atomic E-state index is 0.412. The van der Waals surface area contributed by atoms with E-state index in [1.165, 1.54) is 51.7 Å². The first-order valence-electron chi connectivity index (χ1n) is 6.93. The van der Waals surface area contributed by atoms with E-state index in [1.54, 1.807) is 0 Å². The third-order valence-electron chi connectivity index (χ3n) is 3.88. The van der Waals surface area contributed by atoms with Crippen molar-refractivity contribution in [2.24, 2.45) is 0 Å². The van der Waals surface area contributed by atoms with Gasteiger partial charge in [-0.25, -0.2) is 0 Å². The van der Waals surface area contributed by atoms with Gasteiger partial charge in [0.25, 0.3) is 0 Å². The first-order chi connectivity index (χ1) is 7.86. The summed E-state index contributed by atoms with van der Waals surface area (Å²) in [5.41, 5.74) is 0. The molecule has 0 radical (unpaired) electrons. The average Bonchev–Trinajstić information content (AvgIpc) is 2.72. The lowest BCUT2D eigenvalue weighted by Gasteiger charge is -2.26. The summed E-state index contributed by atoms with van der Waals surface area (Å²) in [7, 11) is 0. The Balaban J connectivity index is 1.51. The smallest absolute Gasteiger partial charge is 0.0700 e. The van der Waals surface area contributed by atoms with E-state index in [2.05, 4.69) is 17.1 Å². The topological polar surface area (TPSA) is 24.5 Å². The zero-order valence-electron chi connectivity index (χ0n) is 10.6. The third kappa shape index (κ3) is 3.72. The predicted octanol–water partition coefficient (Wildman–Crippen LogP) is 1.63.